The van der Waals surface area contributed by atoms with Crippen molar-refractivity contribution in [3.05, 3.63) is 65.2 Å². The third kappa shape index (κ3) is 7.74. The Morgan fingerprint density at radius 1 is 0.968 bits per heavy atom. The lowest BCUT2D eigenvalue weighted by atomic mass is 10.1. The van der Waals surface area contributed by atoms with Crippen LogP contribution in [0.3, 0.4) is 0 Å². The van der Waals surface area contributed by atoms with Crippen LogP contribution >= 0.6 is 0 Å². The van der Waals surface area contributed by atoms with E-state index < -0.39 is 6.04 Å². The molecule has 2 aromatic carbocycles. The van der Waals surface area contributed by atoms with Gasteiger partial charge in [0, 0.05) is 12.1 Å². The molecule has 0 aliphatic heterocycles. The number of hydrogen-bond acceptors (Lipinski definition) is 3. The zero-order chi connectivity index (χ0) is 23.0. The zero-order valence-electron chi connectivity index (χ0n) is 19.7. The van der Waals surface area contributed by atoms with E-state index in [1.165, 1.54) is 5.56 Å². The summed E-state index contributed by atoms with van der Waals surface area (Å²) in [6, 6.07) is 15.2. The first kappa shape index (κ1) is 24.4. The molecule has 5 heteroatoms. The molecule has 31 heavy (non-hydrogen) atoms. The average molecular weight is 425 g/mol. The van der Waals surface area contributed by atoms with Gasteiger partial charge in [0.05, 0.1) is 0 Å². The predicted molar refractivity (Wildman–Crippen MR) is 125 cm³/mol. The minimum atomic E-state index is -0.570. The Balaban J connectivity index is 2.20. The van der Waals surface area contributed by atoms with Gasteiger partial charge in [0.2, 0.25) is 5.91 Å². The molecule has 0 spiro atoms. The molecule has 2 rings (SSSR count). The van der Waals surface area contributed by atoms with Crippen molar-refractivity contribution in [3.63, 3.8) is 0 Å². The first-order valence-electron chi connectivity index (χ1n) is 11.0. The van der Waals surface area contributed by atoms with Crippen molar-refractivity contribution in [1.29, 1.82) is 0 Å². The smallest absolute Gasteiger partial charge is 0.261 e. The van der Waals surface area contributed by atoms with Crippen LogP contribution in [0.4, 0.5) is 0 Å². The molecular weight excluding hydrogens is 388 g/mol. The highest BCUT2D eigenvalue weighted by molar-refractivity contribution is 5.88. The lowest BCUT2D eigenvalue weighted by Crippen LogP contribution is -2.54. The van der Waals surface area contributed by atoms with E-state index in [0.717, 1.165) is 17.5 Å². The Bertz CT molecular complexity index is 852. The van der Waals surface area contributed by atoms with Gasteiger partial charge in [-0.05, 0) is 63.8 Å². The molecule has 0 heterocycles. The molecule has 0 aliphatic carbocycles. The molecule has 168 valence electrons. The number of ether oxygens (including phenoxy) is 1. The average Bonchev–Trinajstić information content (AvgIpc) is 2.72. The molecule has 0 bridgehead atoms. The number of carbonyl (C=O) groups is 2. The summed E-state index contributed by atoms with van der Waals surface area (Å²) in [4.78, 5) is 27.8. The van der Waals surface area contributed by atoms with Gasteiger partial charge in [-0.15, -0.1) is 0 Å². The van der Waals surface area contributed by atoms with E-state index in [4.69, 9.17) is 4.74 Å². The van der Waals surface area contributed by atoms with Crippen LogP contribution in [0.1, 0.15) is 57.7 Å². The summed E-state index contributed by atoms with van der Waals surface area (Å²) in [5.41, 5.74) is 2.97. The fourth-order valence-corrected chi connectivity index (χ4v) is 3.31. The summed E-state index contributed by atoms with van der Waals surface area (Å²) >= 11 is 0. The largest absolute Gasteiger partial charge is 0.484 e. The SMILES string of the molecule is CCc1ccc(OCC(=O)N(Cc2ccc(C)cc2)C(CC)C(=O)NC(C)(C)C)cc1. The molecule has 1 unspecified atom stereocenters. The van der Waals surface area contributed by atoms with E-state index >= 15 is 0 Å². The third-order valence-electron chi connectivity index (χ3n) is 5.05. The summed E-state index contributed by atoms with van der Waals surface area (Å²) in [6.07, 6.45) is 1.47. The second-order valence-corrected chi connectivity index (χ2v) is 8.96. The van der Waals surface area contributed by atoms with Crippen LogP contribution in [0.25, 0.3) is 0 Å². The molecule has 0 saturated carbocycles. The van der Waals surface area contributed by atoms with E-state index in [1.807, 2.05) is 83.1 Å². The predicted octanol–water partition coefficient (Wildman–Crippen LogP) is 4.66. The fourth-order valence-electron chi connectivity index (χ4n) is 3.31. The fraction of sp³-hybridized carbons (Fsp3) is 0.462. The summed E-state index contributed by atoms with van der Waals surface area (Å²) in [5.74, 6) is 0.284. The van der Waals surface area contributed by atoms with Crippen molar-refractivity contribution in [2.45, 2.75) is 72.5 Å². The van der Waals surface area contributed by atoms with Crippen LogP contribution in [0.5, 0.6) is 5.75 Å². The molecule has 0 aromatic heterocycles. The van der Waals surface area contributed by atoms with E-state index in [9.17, 15) is 9.59 Å². The number of benzene rings is 2. The lowest BCUT2D eigenvalue weighted by molar-refractivity contribution is -0.143. The van der Waals surface area contributed by atoms with E-state index in [2.05, 4.69) is 12.2 Å². The van der Waals surface area contributed by atoms with Crippen molar-refractivity contribution in [3.8, 4) is 5.75 Å². The highest BCUT2D eigenvalue weighted by Crippen LogP contribution is 2.17. The number of nitrogens with one attached hydrogen (secondary N) is 1. The van der Waals surface area contributed by atoms with Crippen LogP contribution in [0, 0.1) is 6.92 Å². The van der Waals surface area contributed by atoms with E-state index in [0.29, 0.717) is 18.7 Å². The molecule has 0 saturated heterocycles. The third-order valence-corrected chi connectivity index (χ3v) is 5.05. The van der Waals surface area contributed by atoms with Gasteiger partial charge >= 0.3 is 0 Å². The van der Waals surface area contributed by atoms with E-state index in [-0.39, 0.29) is 24.0 Å². The first-order valence-corrected chi connectivity index (χ1v) is 11.0. The number of carbonyl (C=O) groups excluding carboxylic acids is 2. The summed E-state index contributed by atoms with van der Waals surface area (Å²) < 4.78 is 5.76. The zero-order valence-corrected chi connectivity index (χ0v) is 19.7. The van der Waals surface area contributed by atoms with Crippen LogP contribution in [-0.2, 0) is 22.6 Å². The number of amides is 2. The van der Waals surface area contributed by atoms with Crippen LogP contribution < -0.4 is 10.1 Å². The minimum absolute atomic E-state index is 0.114. The molecule has 2 aromatic rings. The molecule has 1 atom stereocenters. The van der Waals surface area contributed by atoms with Gasteiger partial charge in [0.1, 0.15) is 11.8 Å². The topological polar surface area (TPSA) is 58.6 Å². The summed E-state index contributed by atoms with van der Waals surface area (Å²) in [5, 5.41) is 3.01. The Morgan fingerprint density at radius 3 is 2.06 bits per heavy atom. The normalized spacial score (nSPS) is 12.2. The molecule has 1 N–H and O–H groups in total. The monoisotopic (exact) mass is 424 g/mol. The van der Waals surface area contributed by atoms with Gasteiger partial charge in [0.25, 0.3) is 5.91 Å². The maximum absolute atomic E-state index is 13.2. The minimum Gasteiger partial charge on any atom is -0.484 e. The number of rotatable bonds is 9. The number of hydrogen-bond donors (Lipinski definition) is 1. The highest BCUT2D eigenvalue weighted by Gasteiger charge is 2.30. The highest BCUT2D eigenvalue weighted by atomic mass is 16.5. The number of aryl methyl sites for hydroxylation is 2. The van der Waals surface area contributed by atoms with Crippen LogP contribution in [0.2, 0.25) is 0 Å². The molecule has 0 radical (unpaired) electrons. The Hall–Kier alpha value is -2.82. The molecule has 0 fully saturated rings. The Kier molecular flexibility index (Phi) is 8.66. The van der Waals surface area contributed by atoms with Gasteiger partial charge in [-0.1, -0.05) is 55.8 Å². The Labute approximate surface area is 186 Å². The van der Waals surface area contributed by atoms with Gasteiger partial charge in [-0.25, -0.2) is 0 Å². The second-order valence-electron chi connectivity index (χ2n) is 8.96. The molecule has 5 nitrogen and oxygen atoms in total. The lowest BCUT2D eigenvalue weighted by Gasteiger charge is -2.33. The maximum atomic E-state index is 13.2. The Morgan fingerprint density at radius 2 is 1.55 bits per heavy atom. The van der Waals surface area contributed by atoms with Gasteiger partial charge in [-0.2, -0.15) is 0 Å². The summed E-state index contributed by atoms with van der Waals surface area (Å²) in [6.45, 7) is 12.1. The maximum Gasteiger partial charge on any atom is 0.261 e. The van der Waals surface area contributed by atoms with Crippen molar-refractivity contribution in [2.75, 3.05) is 6.61 Å². The van der Waals surface area contributed by atoms with E-state index in [1.54, 1.807) is 4.90 Å². The van der Waals surface area contributed by atoms with Crippen molar-refractivity contribution >= 4 is 11.8 Å². The first-order chi connectivity index (χ1) is 14.6. The summed E-state index contributed by atoms with van der Waals surface area (Å²) in [7, 11) is 0. The molecular formula is C26H36N2O3. The van der Waals surface area contributed by atoms with Gasteiger partial charge < -0.3 is 15.0 Å². The number of nitrogens with zero attached hydrogens (tertiary/aromatic N) is 1. The van der Waals surface area contributed by atoms with Crippen LogP contribution in [-0.4, -0.2) is 34.9 Å². The van der Waals surface area contributed by atoms with Gasteiger partial charge in [0.15, 0.2) is 6.61 Å². The second kappa shape index (κ2) is 11.0. The van der Waals surface area contributed by atoms with Crippen molar-refractivity contribution in [1.82, 2.24) is 10.2 Å². The molecule has 0 aliphatic rings. The quantitative estimate of drug-likeness (QED) is 0.637. The molecule has 2 amide bonds. The van der Waals surface area contributed by atoms with Crippen LogP contribution in [0.15, 0.2) is 48.5 Å². The van der Waals surface area contributed by atoms with Gasteiger partial charge in [-0.3, -0.25) is 9.59 Å². The standard InChI is InChI=1S/C26H36N2O3/c1-7-20-13-15-22(16-14-20)31-18-24(29)28(17-21-11-9-19(3)10-12-21)23(8-2)25(30)27-26(4,5)6/h9-16,23H,7-8,17-18H2,1-6H3,(H,27,30). The van der Waals surface area contributed by atoms with Crippen molar-refractivity contribution in [2.24, 2.45) is 0 Å². The van der Waals surface area contributed by atoms with Crippen molar-refractivity contribution < 1.29 is 14.3 Å².